The summed E-state index contributed by atoms with van der Waals surface area (Å²) in [4.78, 5) is 23.8. The van der Waals surface area contributed by atoms with E-state index in [-0.39, 0.29) is 5.91 Å². The van der Waals surface area contributed by atoms with Crippen molar-refractivity contribution < 1.29 is 14.5 Å². The van der Waals surface area contributed by atoms with E-state index in [0.29, 0.717) is 6.54 Å². The summed E-state index contributed by atoms with van der Waals surface area (Å²) >= 11 is 0. The van der Waals surface area contributed by atoms with Crippen molar-refractivity contribution in [3.05, 3.63) is 35.4 Å². The second kappa shape index (κ2) is 5.64. The van der Waals surface area contributed by atoms with E-state index in [1.165, 1.54) is 23.1 Å². The fraction of sp³-hybridized carbons (Fsp3) is 0.385. The van der Waals surface area contributed by atoms with Gasteiger partial charge in [-0.1, -0.05) is 24.3 Å². The van der Waals surface area contributed by atoms with Crippen LogP contribution in [0.4, 0.5) is 4.79 Å². The third-order valence-electron chi connectivity index (χ3n) is 3.20. The van der Waals surface area contributed by atoms with E-state index in [0.717, 1.165) is 19.5 Å². The molecule has 1 aromatic rings. The molecule has 0 fully saturated rings. The molecule has 3 amide bonds. The van der Waals surface area contributed by atoms with Crippen LogP contribution in [0.15, 0.2) is 24.3 Å². The Hall–Kier alpha value is -1.88. The Morgan fingerprint density at radius 1 is 1.28 bits per heavy atom. The summed E-state index contributed by atoms with van der Waals surface area (Å²) in [6.45, 7) is 2.11. The van der Waals surface area contributed by atoms with Crippen molar-refractivity contribution in [2.75, 3.05) is 20.1 Å². The third kappa shape index (κ3) is 3.07. The molecule has 1 unspecified atom stereocenters. The molecule has 0 spiro atoms. The largest absolute Gasteiger partial charge is 0.341 e. The predicted molar refractivity (Wildman–Crippen MR) is 67.1 cm³/mol. The number of urea groups is 1. The molecule has 0 aromatic heterocycles. The molecule has 1 atom stereocenters. The first-order valence-corrected chi connectivity index (χ1v) is 6.11. The molecule has 5 nitrogen and oxygen atoms in total. The van der Waals surface area contributed by atoms with Crippen LogP contribution in [0, 0.1) is 0 Å². The lowest BCUT2D eigenvalue weighted by Gasteiger charge is -2.25. The maximum Gasteiger partial charge on any atom is 0.321 e. The van der Waals surface area contributed by atoms with Gasteiger partial charge in [0.15, 0.2) is 6.54 Å². The summed E-state index contributed by atoms with van der Waals surface area (Å²) in [5.74, 6) is -0.233. The molecule has 1 aliphatic rings. The van der Waals surface area contributed by atoms with Gasteiger partial charge >= 0.3 is 6.03 Å². The van der Waals surface area contributed by atoms with Crippen LogP contribution in [-0.2, 0) is 17.8 Å². The highest BCUT2D eigenvalue weighted by Gasteiger charge is 2.21. The van der Waals surface area contributed by atoms with Gasteiger partial charge in [0.05, 0.1) is 6.54 Å². The van der Waals surface area contributed by atoms with Crippen molar-refractivity contribution in [1.29, 1.82) is 0 Å². The molecule has 0 bridgehead atoms. The number of fused-ring (bicyclic) bond motifs is 1. The van der Waals surface area contributed by atoms with Gasteiger partial charge in [-0.15, -0.1) is 0 Å². The Kier molecular flexibility index (Phi) is 3.94. The predicted octanol–water partition coefficient (Wildman–Crippen LogP) is -0.917. The normalized spacial score (nSPS) is 17.7. The highest BCUT2D eigenvalue weighted by Crippen LogP contribution is 2.10. The summed E-state index contributed by atoms with van der Waals surface area (Å²) in [5, 5.41) is 4.66. The van der Waals surface area contributed by atoms with Crippen LogP contribution < -0.4 is 15.5 Å². The van der Waals surface area contributed by atoms with Gasteiger partial charge in [-0.25, -0.2) is 4.79 Å². The molecule has 1 aromatic carbocycles. The lowest BCUT2D eigenvalue weighted by Crippen LogP contribution is -3.13. The van der Waals surface area contributed by atoms with Crippen molar-refractivity contribution >= 4 is 11.9 Å². The van der Waals surface area contributed by atoms with E-state index in [1.807, 2.05) is 12.1 Å². The topological polar surface area (TPSA) is 62.6 Å². The van der Waals surface area contributed by atoms with Gasteiger partial charge in [-0.2, -0.15) is 0 Å². The van der Waals surface area contributed by atoms with E-state index in [1.54, 1.807) is 0 Å². The van der Waals surface area contributed by atoms with E-state index >= 15 is 0 Å². The minimum Gasteiger partial charge on any atom is -0.341 e. The SMILES string of the molecule is CNC(=O)NC(=O)C[NH+]1CCc2ccccc2C1. The first-order valence-electron chi connectivity index (χ1n) is 6.11. The van der Waals surface area contributed by atoms with Gasteiger partial charge in [0.25, 0.3) is 5.91 Å². The summed E-state index contributed by atoms with van der Waals surface area (Å²) in [6.07, 6.45) is 0.985. The lowest BCUT2D eigenvalue weighted by atomic mass is 10.00. The Bertz CT molecular complexity index is 459. The van der Waals surface area contributed by atoms with E-state index in [4.69, 9.17) is 0 Å². The van der Waals surface area contributed by atoms with Gasteiger partial charge in [0, 0.05) is 19.0 Å². The average Bonchev–Trinajstić information content (AvgIpc) is 2.38. The van der Waals surface area contributed by atoms with Gasteiger partial charge in [-0.3, -0.25) is 10.1 Å². The first-order chi connectivity index (χ1) is 8.69. The monoisotopic (exact) mass is 248 g/mol. The lowest BCUT2D eigenvalue weighted by molar-refractivity contribution is -0.908. The summed E-state index contributed by atoms with van der Waals surface area (Å²) in [6, 6.07) is 7.85. The Balaban J connectivity index is 1.90. The fourth-order valence-electron chi connectivity index (χ4n) is 2.25. The van der Waals surface area contributed by atoms with Crippen LogP contribution in [0.25, 0.3) is 0 Å². The average molecular weight is 248 g/mol. The van der Waals surface area contributed by atoms with Gasteiger partial charge < -0.3 is 10.2 Å². The Labute approximate surface area is 106 Å². The summed E-state index contributed by atoms with van der Waals surface area (Å²) in [7, 11) is 1.49. The molecule has 0 saturated heterocycles. The zero-order valence-electron chi connectivity index (χ0n) is 10.5. The van der Waals surface area contributed by atoms with E-state index in [2.05, 4.69) is 22.8 Å². The first kappa shape index (κ1) is 12.6. The standard InChI is InChI=1S/C13H17N3O2/c1-14-13(18)15-12(17)9-16-7-6-10-4-2-3-5-11(10)8-16/h2-5H,6-9H2,1H3,(H2,14,15,17,18)/p+1. The molecule has 1 heterocycles. The molecule has 2 rings (SSSR count). The number of nitrogens with one attached hydrogen (secondary N) is 3. The van der Waals surface area contributed by atoms with Crippen LogP contribution in [0.5, 0.6) is 0 Å². The molecule has 1 aliphatic heterocycles. The minimum absolute atomic E-state index is 0.233. The maximum absolute atomic E-state index is 11.6. The third-order valence-corrected chi connectivity index (χ3v) is 3.20. The molecular formula is C13H18N3O2+. The van der Waals surface area contributed by atoms with Crippen LogP contribution in [0.1, 0.15) is 11.1 Å². The Morgan fingerprint density at radius 3 is 2.72 bits per heavy atom. The number of imide groups is 1. The number of hydrogen-bond donors (Lipinski definition) is 3. The number of amides is 3. The van der Waals surface area contributed by atoms with Crippen molar-refractivity contribution in [3.8, 4) is 0 Å². The molecule has 0 saturated carbocycles. The molecule has 5 heteroatoms. The number of benzene rings is 1. The van der Waals surface area contributed by atoms with Gasteiger partial charge in [-0.05, 0) is 5.56 Å². The van der Waals surface area contributed by atoms with E-state index in [9.17, 15) is 9.59 Å². The molecule has 0 aliphatic carbocycles. The van der Waals surface area contributed by atoms with Crippen molar-refractivity contribution in [2.24, 2.45) is 0 Å². The highest BCUT2D eigenvalue weighted by molar-refractivity contribution is 5.94. The number of rotatable bonds is 2. The maximum atomic E-state index is 11.6. The number of quaternary nitrogens is 1. The zero-order valence-corrected chi connectivity index (χ0v) is 10.5. The smallest absolute Gasteiger partial charge is 0.321 e. The fourth-order valence-corrected chi connectivity index (χ4v) is 2.25. The van der Waals surface area contributed by atoms with Crippen molar-refractivity contribution in [2.45, 2.75) is 13.0 Å². The number of carbonyl (C=O) groups is 2. The number of carbonyl (C=O) groups excluding carboxylic acids is 2. The molecular weight excluding hydrogens is 230 g/mol. The summed E-state index contributed by atoms with van der Waals surface area (Å²) in [5.41, 5.74) is 2.67. The zero-order chi connectivity index (χ0) is 13.0. The van der Waals surface area contributed by atoms with Crippen LogP contribution in [-0.4, -0.2) is 32.1 Å². The quantitative estimate of drug-likeness (QED) is 0.634. The van der Waals surface area contributed by atoms with Gasteiger partial charge in [0.2, 0.25) is 0 Å². The van der Waals surface area contributed by atoms with Crippen molar-refractivity contribution in [3.63, 3.8) is 0 Å². The van der Waals surface area contributed by atoms with Crippen molar-refractivity contribution in [1.82, 2.24) is 10.6 Å². The summed E-state index contributed by atoms with van der Waals surface area (Å²) < 4.78 is 0. The molecule has 96 valence electrons. The van der Waals surface area contributed by atoms with Gasteiger partial charge in [0.1, 0.15) is 6.54 Å². The number of hydrogen-bond acceptors (Lipinski definition) is 2. The molecule has 18 heavy (non-hydrogen) atoms. The minimum atomic E-state index is -0.447. The second-order valence-corrected chi connectivity index (χ2v) is 4.50. The van der Waals surface area contributed by atoms with Crippen LogP contribution in [0.3, 0.4) is 0 Å². The second-order valence-electron chi connectivity index (χ2n) is 4.50. The molecule has 3 N–H and O–H groups in total. The van der Waals surface area contributed by atoms with Crippen LogP contribution >= 0.6 is 0 Å². The van der Waals surface area contributed by atoms with Crippen LogP contribution in [0.2, 0.25) is 0 Å². The highest BCUT2D eigenvalue weighted by atomic mass is 16.2. The Morgan fingerprint density at radius 2 is 2.00 bits per heavy atom. The van der Waals surface area contributed by atoms with E-state index < -0.39 is 6.03 Å². The molecule has 0 radical (unpaired) electrons.